The Morgan fingerprint density at radius 3 is 2.50 bits per heavy atom. The average Bonchev–Trinajstić information content (AvgIpc) is 2.76. The van der Waals surface area contributed by atoms with E-state index in [9.17, 15) is 19.1 Å². The molecule has 2 rings (SSSR count). The van der Waals surface area contributed by atoms with Gasteiger partial charge in [0.25, 0.3) is 0 Å². The van der Waals surface area contributed by atoms with E-state index in [-0.39, 0.29) is 10.6 Å². The molecule has 0 spiro atoms. The van der Waals surface area contributed by atoms with E-state index in [1.54, 1.807) is 20.8 Å². The first-order valence-corrected chi connectivity index (χ1v) is 8.91. The van der Waals surface area contributed by atoms with Crippen molar-refractivity contribution < 1.29 is 23.8 Å². The summed E-state index contributed by atoms with van der Waals surface area (Å²) in [6.07, 6.45) is 0.537. The van der Waals surface area contributed by atoms with Crippen LogP contribution in [0.2, 0.25) is 5.02 Å². The topological polar surface area (TPSA) is 66.8 Å². The minimum absolute atomic E-state index is 0.0753. The van der Waals surface area contributed by atoms with Crippen molar-refractivity contribution in [2.24, 2.45) is 0 Å². The van der Waals surface area contributed by atoms with E-state index in [1.165, 1.54) is 17.0 Å². The molecule has 7 heteroatoms. The summed E-state index contributed by atoms with van der Waals surface area (Å²) < 4.78 is 19.4. The summed E-state index contributed by atoms with van der Waals surface area (Å²) in [7, 11) is 0. The lowest BCUT2D eigenvalue weighted by atomic mass is 9.90. The number of carboxylic acids is 1. The highest BCUT2D eigenvalue weighted by atomic mass is 35.5. The molecule has 1 aromatic carbocycles. The van der Waals surface area contributed by atoms with Crippen molar-refractivity contribution in [3.8, 4) is 0 Å². The molecule has 144 valence electrons. The smallest absolute Gasteiger partial charge is 0.411 e. The van der Waals surface area contributed by atoms with Gasteiger partial charge in [-0.15, -0.1) is 0 Å². The maximum Gasteiger partial charge on any atom is 0.411 e. The Bertz CT molecular complexity index is 714. The highest BCUT2D eigenvalue weighted by Crippen LogP contribution is 2.41. The zero-order valence-electron chi connectivity index (χ0n) is 15.7. The molecule has 1 heterocycles. The Balaban J connectivity index is 2.44. The van der Waals surface area contributed by atoms with Gasteiger partial charge < -0.3 is 9.84 Å². The van der Waals surface area contributed by atoms with Crippen LogP contribution in [0.4, 0.5) is 9.18 Å². The van der Waals surface area contributed by atoms with E-state index in [0.29, 0.717) is 12.8 Å². The zero-order chi connectivity index (χ0) is 19.9. The number of likely N-dealkylation sites (tertiary alicyclic amines) is 1. The lowest BCUT2D eigenvalue weighted by Crippen LogP contribution is -2.51. The van der Waals surface area contributed by atoms with Crippen molar-refractivity contribution in [1.82, 2.24) is 4.90 Å². The lowest BCUT2D eigenvalue weighted by Gasteiger charge is -2.39. The van der Waals surface area contributed by atoms with Gasteiger partial charge in [-0.25, -0.2) is 9.18 Å². The molecule has 0 saturated carbocycles. The first-order valence-electron chi connectivity index (χ1n) is 8.53. The number of amides is 1. The molecular formula is C19H25ClFNO4. The summed E-state index contributed by atoms with van der Waals surface area (Å²) in [6.45, 7) is 9.02. The van der Waals surface area contributed by atoms with Crippen LogP contribution < -0.4 is 0 Å². The van der Waals surface area contributed by atoms with Crippen molar-refractivity contribution >= 4 is 23.7 Å². The third kappa shape index (κ3) is 4.29. The van der Waals surface area contributed by atoms with E-state index in [2.05, 4.69) is 0 Å². The van der Waals surface area contributed by atoms with E-state index < -0.39 is 41.0 Å². The fraction of sp³-hybridized carbons (Fsp3) is 0.579. The molecule has 0 aromatic heterocycles. The maximum atomic E-state index is 13.9. The van der Waals surface area contributed by atoms with Crippen molar-refractivity contribution in [2.75, 3.05) is 0 Å². The van der Waals surface area contributed by atoms with Crippen LogP contribution in [0, 0.1) is 5.82 Å². The molecule has 0 radical (unpaired) electrons. The number of nitrogens with zero attached hydrogens (tertiary/aromatic N) is 1. The number of benzene rings is 1. The van der Waals surface area contributed by atoms with Crippen LogP contribution in [-0.4, -0.2) is 39.3 Å². The van der Waals surface area contributed by atoms with Crippen LogP contribution in [0.3, 0.4) is 0 Å². The van der Waals surface area contributed by atoms with Crippen LogP contribution in [0.25, 0.3) is 0 Å². The van der Waals surface area contributed by atoms with Gasteiger partial charge in [0, 0.05) is 5.54 Å². The molecule has 1 aliphatic heterocycles. The normalized spacial score (nSPS) is 20.7. The summed E-state index contributed by atoms with van der Waals surface area (Å²) in [5.41, 5.74) is -0.993. The number of hydrogen-bond acceptors (Lipinski definition) is 3. The van der Waals surface area contributed by atoms with E-state index in [4.69, 9.17) is 16.3 Å². The van der Waals surface area contributed by atoms with Crippen molar-refractivity contribution in [3.05, 3.63) is 34.6 Å². The fourth-order valence-electron chi connectivity index (χ4n) is 3.44. The molecule has 26 heavy (non-hydrogen) atoms. The molecule has 5 nitrogen and oxygen atoms in total. The zero-order valence-corrected chi connectivity index (χ0v) is 16.4. The third-order valence-corrected chi connectivity index (χ3v) is 4.89. The number of carbonyl (C=O) groups is 2. The summed E-state index contributed by atoms with van der Waals surface area (Å²) in [5.74, 6) is -2.88. The molecule has 1 amide bonds. The number of carboxylic acid groups (broad SMARTS) is 1. The van der Waals surface area contributed by atoms with Crippen LogP contribution in [-0.2, 0) is 9.53 Å². The van der Waals surface area contributed by atoms with Gasteiger partial charge in [0.1, 0.15) is 17.3 Å². The molecule has 1 unspecified atom stereocenters. The van der Waals surface area contributed by atoms with Gasteiger partial charge >= 0.3 is 12.1 Å². The number of halogens is 2. The second-order valence-corrected chi connectivity index (χ2v) is 8.67. The van der Waals surface area contributed by atoms with Gasteiger partial charge in [-0.05, 0) is 65.2 Å². The van der Waals surface area contributed by atoms with Gasteiger partial charge in [0.05, 0.1) is 11.1 Å². The summed E-state index contributed by atoms with van der Waals surface area (Å²) in [4.78, 5) is 26.3. The molecule has 0 bridgehead atoms. The minimum atomic E-state index is -1.12. The molecule has 1 saturated heterocycles. The van der Waals surface area contributed by atoms with Crippen molar-refractivity contribution in [1.29, 1.82) is 0 Å². The number of ether oxygens (including phenoxy) is 1. The van der Waals surface area contributed by atoms with Crippen molar-refractivity contribution in [2.45, 2.75) is 70.6 Å². The molecule has 1 fully saturated rings. The van der Waals surface area contributed by atoms with E-state index >= 15 is 0 Å². The average molecular weight is 386 g/mol. The molecular weight excluding hydrogens is 361 g/mol. The first-order chi connectivity index (χ1) is 11.8. The largest absolute Gasteiger partial charge is 0.481 e. The SMILES string of the molecule is CC(C)(C)OC(=O)N1C([C@@H](C(=O)O)c2ccc(Cl)c(F)c2)CCC1(C)C. The predicted octanol–water partition coefficient (Wildman–Crippen LogP) is 4.83. The Morgan fingerprint density at radius 2 is 2.00 bits per heavy atom. The summed E-state index contributed by atoms with van der Waals surface area (Å²) >= 11 is 5.71. The molecule has 1 aromatic rings. The van der Waals surface area contributed by atoms with Gasteiger partial charge in [-0.1, -0.05) is 17.7 Å². The van der Waals surface area contributed by atoms with Gasteiger partial charge in [0.2, 0.25) is 0 Å². The standard InChI is InChI=1S/C19H25ClFNO4/c1-18(2,3)26-17(25)22-14(8-9-19(22,4)5)15(16(23)24)11-6-7-12(20)13(21)10-11/h6-7,10,14-15H,8-9H2,1-5H3,(H,23,24)/t14?,15-/m0/s1. The number of aliphatic carboxylic acids is 1. The summed E-state index contributed by atoms with van der Waals surface area (Å²) in [5, 5.41) is 9.74. The van der Waals surface area contributed by atoms with Crippen LogP contribution in [0.5, 0.6) is 0 Å². The fourth-order valence-corrected chi connectivity index (χ4v) is 3.56. The number of hydrogen-bond donors (Lipinski definition) is 1. The molecule has 2 atom stereocenters. The minimum Gasteiger partial charge on any atom is -0.481 e. The quantitative estimate of drug-likeness (QED) is 0.809. The Hall–Kier alpha value is -1.82. The maximum absolute atomic E-state index is 13.9. The highest BCUT2D eigenvalue weighted by Gasteiger charge is 2.49. The second-order valence-electron chi connectivity index (χ2n) is 8.26. The van der Waals surface area contributed by atoms with Crippen LogP contribution in [0.15, 0.2) is 18.2 Å². The highest BCUT2D eigenvalue weighted by molar-refractivity contribution is 6.30. The molecule has 1 N–H and O–H groups in total. The van der Waals surface area contributed by atoms with Crippen LogP contribution >= 0.6 is 11.6 Å². The van der Waals surface area contributed by atoms with Crippen molar-refractivity contribution in [3.63, 3.8) is 0 Å². The van der Waals surface area contributed by atoms with Gasteiger partial charge in [-0.3, -0.25) is 9.69 Å². The Labute approximate surface area is 158 Å². The Kier molecular flexibility index (Phi) is 5.57. The Morgan fingerprint density at radius 1 is 1.38 bits per heavy atom. The van der Waals surface area contributed by atoms with E-state index in [0.717, 1.165) is 6.07 Å². The number of rotatable bonds is 3. The second kappa shape index (κ2) is 7.06. The third-order valence-electron chi connectivity index (χ3n) is 4.58. The number of carbonyl (C=O) groups excluding carboxylic acids is 1. The van der Waals surface area contributed by atoms with E-state index in [1.807, 2.05) is 13.8 Å². The van der Waals surface area contributed by atoms with Gasteiger partial charge in [0.15, 0.2) is 0 Å². The first kappa shape index (κ1) is 20.5. The lowest BCUT2D eigenvalue weighted by molar-refractivity contribution is -0.140. The molecule has 1 aliphatic rings. The van der Waals surface area contributed by atoms with Gasteiger partial charge in [-0.2, -0.15) is 0 Å². The molecule has 0 aliphatic carbocycles. The predicted molar refractivity (Wildman–Crippen MR) is 97.0 cm³/mol. The monoisotopic (exact) mass is 385 g/mol. The van der Waals surface area contributed by atoms with Crippen LogP contribution in [0.1, 0.15) is 58.9 Å². The summed E-state index contributed by atoms with van der Waals surface area (Å²) in [6, 6.07) is 3.31.